The van der Waals surface area contributed by atoms with Crippen LogP contribution in [-0.4, -0.2) is 90.9 Å². The highest BCUT2D eigenvalue weighted by Gasteiger charge is 2.49. The molecule has 0 saturated carbocycles. The number of terminal acetylenes is 1. The molecule has 4 aromatic rings. The maximum atomic E-state index is 16.8. The molecule has 0 spiro atoms. The molecular formula is C34H33F3N4O4. The number of benzene rings is 3. The summed E-state index contributed by atoms with van der Waals surface area (Å²) in [7, 11) is 1.61. The third-order valence-electron chi connectivity index (χ3n) is 9.35. The van der Waals surface area contributed by atoms with Crippen molar-refractivity contribution >= 4 is 27.5 Å². The van der Waals surface area contributed by atoms with Gasteiger partial charge in [-0.05, 0) is 54.6 Å². The number of halogens is 3. The van der Waals surface area contributed by atoms with Gasteiger partial charge in [0.1, 0.15) is 35.7 Å². The summed E-state index contributed by atoms with van der Waals surface area (Å²) in [6.07, 6.45) is 6.62. The Bertz CT molecular complexity index is 1830. The quantitative estimate of drug-likeness (QED) is 0.295. The van der Waals surface area contributed by atoms with Crippen molar-refractivity contribution in [3.05, 3.63) is 53.6 Å². The predicted octanol–water partition coefficient (Wildman–Crippen LogP) is 5.22. The number of hydrogen-bond donors (Lipinski definition) is 1. The van der Waals surface area contributed by atoms with Gasteiger partial charge in [-0.25, -0.2) is 13.2 Å². The van der Waals surface area contributed by atoms with E-state index in [1.54, 1.807) is 19.2 Å². The van der Waals surface area contributed by atoms with Gasteiger partial charge in [0.2, 0.25) is 0 Å². The van der Waals surface area contributed by atoms with Gasteiger partial charge in [0.15, 0.2) is 5.82 Å². The van der Waals surface area contributed by atoms with Crippen LogP contribution in [0.5, 0.6) is 11.8 Å². The zero-order valence-corrected chi connectivity index (χ0v) is 24.9. The molecule has 0 amide bonds. The standard InChI is InChI=1S/C34H33F3N4O4/c1-3-24-28(36)8-5-20-13-22(42)14-27(29(20)24)25-6-7-26-31(30(25)37)38-33(39-32(26)40-11-12-44-18-23(17-40)43-2)45-19-34-9-4-10-41(34)16-21(35)15-34/h1,5-8,13-14,21,23,42H,4,9-12,15-19H2,2H3/t21-,23?,34+/m1/s1. The van der Waals surface area contributed by atoms with Gasteiger partial charge < -0.3 is 24.2 Å². The molecule has 3 fully saturated rings. The molecule has 3 aliphatic rings. The van der Waals surface area contributed by atoms with Crippen LogP contribution in [0.25, 0.3) is 32.8 Å². The van der Waals surface area contributed by atoms with E-state index < -0.39 is 23.3 Å². The number of phenols is 1. The van der Waals surface area contributed by atoms with Crippen LogP contribution in [0.3, 0.4) is 0 Å². The number of aromatic nitrogens is 2. The normalized spacial score (nSPS) is 23.8. The van der Waals surface area contributed by atoms with Gasteiger partial charge in [-0.15, -0.1) is 6.42 Å². The summed E-state index contributed by atoms with van der Waals surface area (Å²) in [4.78, 5) is 13.4. The third-order valence-corrected chi connectivity index (χ3v) is 9.35. The summed E-state index contributed by atoms with van der Waals surface area (Å²) in [5.74, 6) is 1.36. The van der Waals surface area contributed by atoms with Crippen molar-refractivity contribution in [2.24, 2.45) is 0 Å². The minimum Gasteiger partial charge on any atom is -0.508 e. The first-order chi connectivity index (χ1) is 21.8. The molecule has 1 unspecified atom stereocenters. The van der Waals surface area contributed by atoms with E-state index in [9.17, 15) is 13.9 Å². The van der Waals surface area contributed by atoms with E-state index in [1.807, 2.05) is 4.90 Å². The van der Waals surface area contributed by atoms with Crippen LogP contribution in [0, 0.1) is 24.0 Å². The lowest BCUT2D eigenvalue weighted by molar-refractivity contribution is 0.0286. The average molecular weight is 619 g/mol. The monoisotopic (exact) mass is 618 g/mol. The fourth-order valence-corrected chi connectivity index (χ4v) is 7.18. The second-order valence-corrected chi connectivity index (χ2v) is 12.1. The maximum Gasteiger partial charge on any atom is 0.319 e. The van der Waals surface area contributed by atoms with E-state index in [4.69, 9.17) is 25.6 Å². The molecule has 3 saturated heterocycles. The Balaban J connectivity index is 1.38. The van der Waals surface area contributed by atoms with Gasteiger partial charge in [0.25, 0.3) is 0 Å². The number of alkyl halides is 1. The van der Waals surface area contributed by atoms with E-state index >= 15 is 4.39 Å². The number of rotatable bonds is 6. The Kier molecular flexibility index (Phi) is 7.68. The van der Waals surface area contributed by atoms with Gasteiger partial charge in [-0.3, -0.25) is 4.90 Å². The van der Waals surface area contributed by atoms with E-state index in [-0.39, 0.29) is 46.7 Å². The fraction of sp³-hybridized carbons (Fsp3) is 0.412. The van der Waals surface area contributed by atoms with Crippen LogP contribution in [0.4, 0.5) is 19.0 Å². The molecule has 0 radical (unpaired) electrons. The van der Waals surface area contributed by atoms with Crippen molar-refractivity contribution < 1.29 is 32.5 Å². The summed E-state index contributed by atoms with van der Waals surface area (Å²) in [5, 5.41) is 11.7. The Morgan fingerprint density at radius 3 is 2.82 bits per heavy atom. The second kappa shape index (κ2) is 11.7. The number of fused-ring (bicyclic) bond motifs is 3. The zero-order valence-electron chi connectivity index (χ0n) is 24.9. The van der Waals surface area contributed by atoms with Gasteiger partial charge in [0, 0.05) is 49.5 Å². The van der Waals surface area contributed by atoms with Crippen molar-refractivity contribution in [2.75, 3.05) is 58.0 Å². The fourth-order valence-electron chi connectivity index (χ4n) is 7.18. The highest BCUT2D eigenvalue weighted by molar-refractivity contribution is 6.04. The van der Waals surface area contributed by atoms with E-state index in [0.29, 0.717) is 61.2 Å². The van der Waals surface area contributed by atoms with Crippen molar-refractivity contribution in [2.45, 2.75) is 37.1 Å². The van der Waals surface area contributed by atoms with E-state index in [0.717, 1.165) is 19.4 Å². The molecule has 3 atom stereocenters. The van der Waals surface area contributed by atoms with E-state index in [2.05, 4.69) is 15.8 Å². The Labute approximate surface area is 258 Å². The molecule has 11 heteroatoms. The first kappa shape index (κ1) is 29.6. The molecule has 0 aliphatic carbocycles. The molecule has 7 rings (SSSR count). The molecule has 4 heterocycles. The lowest BCUT2D eigenvalue weighted by Crippen LogP contribution is -2.43. The number of ether oxygens (including phenoxy) is 3. The number of hydrogen-bond acceptors (Lipinski definition) is 8. The van der Waals surface area contributed by atoms with Crippen LogP contribution in [0.2, 0.25) is 0 Å². The lowest BCUT2D eigenvalue weighted by Gasteiger charge is -2.31. The number of aromatic hydroxyl groups is 1. The second-order valence-electron chi connectivity index (χ2n) is 12.1. The summed E-state index contributed by atoms with van der Waals surface area (Å²) in [6.45, 7) is 3.07. The minimum absolute atomic E-state index is 0.0163. The molecular weight excluding hydrogens is 585 g/mol. The first-order valence-corrected chi connectivity index (χ1v) is 15.1. The smallest absolute Gasteiger partial charge is 0.319 e. The van der Waals surface area contributed by atoms with Crippen LogP contribution >= 0.6 is 0 Å². The third kappa shape index (κ3) is 5.21. The summed E-state index contributed by atoms with van der Waals surface area (Å²) >= 11 is 0. The molecule has 1 aromatic heterocycles. The Morgan fingerprint density at radius 2 is 2.00 bits per heavy atom. The summed E-state index contributed by atoms with van der Waals surface area (Å²) in [6, 6.07) is 8.75. The van der Waals surface area contributed by atoms with Crippen molar-refractivity contribution in [3.63, 3.8) is 0 Å². The van der Waals surface area contributed by atoms with Crippen molar-refractivity contribution in [3.8, 4) is 35.2 Å². The minimum atomic E-state index is -0.931. The largest absolute Gasteiger partial charge is 0.508 e. The molecule has 8 nitrogen and oxygen atoms in total. The number of phenolic OH excluding ortho intramolecular Hbond substituents is 1. The Morgan fingerprint density at radius 1 is 1.13 bits per heavy atom. The van der Waals surface area contributed by atoms with Gasteiger partial charge in [-0.2, -0.15) is 9.97 Å². The molecule has 45 heavy (non-hydrogen) atoms. The maximum absolute atomic E-state index is 16.8. The van der Waals surface area contributed by atoms with E-state index in [1.165, 1.54) is 24.3 Å². The highest BCUT2D eigenvalue weighted by atomic mass is 19.1. The number of anilines is 1. The first-order valence-electron chi connectivity index (χ1n) is 15.1. The zero-order chi connectivity index (χ0) is 31.3. The molecule has 1 N–H and O–H groups in total. The SMILES string of the molecule is C#Cc1c(F)ccc2cc(O)cc(-c3ccc4c(N5CCOCC(OC)C5)nc(OC[C@@]56CCCN5C[C@H](F)C6)nc4c3F)c12. The highest BCUT2D eigenvalue weighted by Crippen LogP contribution is 2.42. The number of nitrogens with zero attached hydrogens (tertiary/aromatic N) is 4. The summed E-state index contributed by atoms with van der Waals surface area (Å²) < 4.78 is 63.6. The van der Waals surface area contributed by atoms with Crippen LogP contribution in [0.1, 0.15) is 24.8 Å². The average Bonchev–Trinajstić information content (AvgIpc) is 3.44. The lowest BCUT2D eigenvalue weighted by atomic mass is 9.93. The Hall–Kier alpha value is -4.11. The summed E-state index contributed by atoms with van der Waals surface area (Å²) in [5.41, 5.74) is -0.203. The van der Waals surface area contributed by atoms with Crippen LogP contribution in [0.15, 0.2) is 36.4 Å². The van der Waals surface area contributed by atoms with Gasteiger partial charge in [-0.1, -0.05) is 18.1 Å². The molecule has 0 bridgehead atoms. The molecule has 234 valence electrons. The van der Waals surface area contributed by atoms with Gasteiger partial charge >= 0.3 is 6.01 Å². The molecule has 3 aromatic carbocycles. The van der Waals surface area contributed by atoms with Crippen molar-refractivity contribution in [1.29, 1.82) is 0 Å². The topological polar surface area (TPSA) is 80.2 Å². The van der Waals surface area contributed by atoms with Gasteiger partial charge in [0.05, 0.1) is 30.4 Å². The molecule has 3 aliphatic heterocycles. The van der Waals surface area contributed by atoms with Crippen LogP contribution in [-0.2, 0) is 9.47 Å². The van der Waals surface area contributed by atoms with Crippen molar-refractivity contribution in [1.82, 2.24) is 14.9 Å². The van der Waals surface area contributed by atoms with Crippen LogP contribution < -0.4 is 9.64 Å². The predicted molar refractivity (Wildman–Crippen MR) is 164 cm³/mol. The number of methoxy groups -OCH3 is 1.